The number of aromatic amines is 1. The van der Waals surface area contributed by atoms with E-state index in [4.69, 9.17) is 16.6 Å². The minimum absolute atomic E-state index is 0.598. The first kappa shape index (κ1) is 16.3. The maximum Gasteiger partial charge on any atom is 0.181 e. The molecule has 3 aromatic heterocycles. The minimum Gasteiger partial charge on any atom is -0.451 e. The molecule has 0 aliphatic carbocycles. The van der Waals surface area contributed by atoms with E-state index in [1.165, 1.54) is 6.39 Å². The summed E-state index contributed by atoms with van der Waals surface area (Å²) in [5.41, 5.74) is 4.96. The quantitative estimate of drug-likeness (QED) is 0.472. The molecule has 7 heteroatoms. The molecule has 3 heterocycles. The summed E-state index contributed by atoms with van der Waals surface area (Å²) in [4.78, 5) is 11.6. The van der Waals surface area contributed by atoms with Gasteiger partial charge in [0.15, 0.2) is 11.5 Å². The van der Waals surface area contributed by atoms with Gasteiger partial charge in [0.25, 0.3) is 0 Å². The Balaban J connectivity index is 1.39. The van der Waals surface area contributed by atoms with Gasteiger partial charge in [0, 0.05) is 36.4 Å². The molecule has 0 radical (unpaired) electrons. The minimum atomic E-state index is 0.598. The van der Waals surface area contributed by atoms with Gasteiger partial charge in [0.2, 0.25) is 0 Å². The van der Waals surface area contributed by atoms with Crippen LogP contribution in [-0.2, 0) is 13.1 Å². The van der Waals surface area contributed by atoms with Crippen molar-refractivity contribution in [1.29, 1.82) is 0 Å². The lowest BCUT2D eigenvalue weighted by Crippen LogP contribution is -2.34. The van der Waals surface area contributed by atoms with Gasteiger partial charge in [-0.2, -0.15) is 0 Å². The van der Waals surface area contributed by atoms with Gasteiger partial charge in [-0.05, 0) is 35.5 Å². The van der Waals surface area contributed by atoms with Gasteiger partial charge in [0.1, 0.15) is 17.6 Å². The van der Waals surface area contributed by atoms with E-state index in [-0.39, 0.29) is 0 Å². The first-order valence-electron chi connectivity index (χ1n) is 8.20. The van der Waals surface area contributed by atoms with Gasteiger partial charge in [-0.1, -0.05) is 24.3 Å². The summed E-state index contributed by atoms with van der Waals surface area (Å²) in [7, 11) is 0. The molecule has 0 aliphatic rings. The SMILES string of the molecule is S=C(NCc1ccccc1-c1cocn1)NCc1ccnc2[nH]ccc12. The fraction of sp³-hybridized carbons (Fsp3) is 0.105. The lowest BCUT2D eigenvalue weighted by Gasteiger charge is -2.13. The first-order valence-corrected chi connectivity index (χ1v) is 8.61. The number of hydrogen-bond donors (Lipinski definition) is 3. The summed E-state index contributed by atoms with van der Waals surface area (Å²) >= 11 is 5.42. The van der Waals surface area contributed by atoms with Gasteiger partial charge in [-0.15, -0.1) is 0 Å². The summed E-state index contributed by atoms with van der Waals surface area (Å²) in [5.74, 6) is 0. The molecular formula is C19H17N5OS. The van der Waals surface area contributed by atoms with E-state index in [0.717, 1.165) is 33.4 Å². The predicted molar refractivity (Wildman–Crippen MR) is 104 cm³/mol. The fourth-order valence-electron chi connectivity index (χ4n) is 2.86. The van der Waals surface area contributed by atoms with Crippen LogP contribution in [0.4, 0.5) is 0 Å². The number of fused-ring (bicyclic) bond motifs is 1. The van der Waals surface area contributed by atoms with Gasteiger partial charge < -0.3 is 20.0 Å². The molecule has 1 aromatic carbocycles. The Bertz CT molecular complexity index is 1030. The van der Waals surface area contributed by atoms with E-state index >= 15 is 0 Å². The Hall–Kier alpha value is -3.19. The van der Waals surface area contributed by atoms with Crippen molar-refractivity contribution in [3.63, 3.8) is 0 Å². The van der Waals surface area contributed by atoms with E-state index < -0.39 is 0 Å². The zero-order valence-corrected chi connectivity index (χ0v) is 14.7. The Labute approximate surface area is 155 Å². The third-order valence-electron chi connectivity index (χ3n) is 4.15. The van der Waals surface area contributed by atoms with Crippen LogP contribution in [0, 0.1) is 0 Å². The molecule has 26 heavy (non-hydrogen) atoms. The molecular weight excluding hydrogens is 346 g/mol. The van der Waals surface area contributed by atoms with Gasteiger partial charge >= 0.3 is 0 Å². The number of benzene rings is 1. The number of H-pyrrole nitrogens is 1. The average Bonchev–Trinajstić information content (AvgIpc) is 3.36. The van der Waals surface area contributed by atoms with Crippen molar-refractivity contribution in [1.82, 2.24) is 25.6 Å². The fourth-order valence-corrected chi connectivity index (χ4v) is 3.00. The molecule has 0 unspecified atom stereocenters. The van der Waals surface area contributed by atoms with Crippen LogP contribution < -0.4 is 10.6 Å². The number of pyridine rings is 1. The number of thiocarbonyl (C=S) groups is 1. The summed E-state index contributed by atoms with van der Waals surface area (Å²) < 4.78 is 5.09. The lowest BCUT2D eigenvalue weighted by atomic mass is 10.1. The van der Waals surface area contributed by atoms with Crippen molar-refractivity contribution in [2.24, 2.45) is 0 Å². The second kappa shape index (κ2) is 7.37. The van der Waals surface area contributed by atoms with Gasteiger partial charge in [-0.25, -0.2) is 9.97 Å². The normalized spacial score (nSPS) is 10.8. The number of nitrogens with zero attached hydrogens (tertiary/aromatic N) is 2. The summed E-state index contributed by atoms with van der Waals surface area (Å²) in [6.07, 6.45) is 6.75. The molecule has 0 spiro atoms. The molecule has 0 amide bonds. The Morgan fingerprint density at radius 1 is 1.04 bits per heavy atom. The van der Waals surface area contributed by atoms with E-state index in [9.17, 15) is 0 Å². The largest absolute Gasteiger partial charge is 0.451 e. The van der Waals surface area contributed by atoms with Crippen molar-refractivity contribution < 1.29 is 4.42 Å². The molecule has 0 saturated heterocycles. The summed E-state index contributed by atoms with van der Waals surface area (Å²) in [5, 5.41) is 8.20. The van der Waals surface area contributed by atoms with Crippen LogP contribution >= 0.6 is 12.2 Å². The third kappa shape index (κ3) is 3.43. The maximum atomic E-state index is 5.42. The summed E-state index contributed by atoms with van der Waals surface area (Å²) in [6.45, 7) is 1.23. The van der Waals surface area contributed by atoms with Crippen molar-refractivity contribution >= 4 is 28.4 Å². The van der Waals surface area contributed by atoms with Gasteiger partial charge in [0.05, 0.1) is 0 Å². The molecule has 130 valence electrons. The molecule has 0 fully saturated rings. The van der Waals surface area contributed by atoms with Crippen molar-refractivity contribution in [2.45, 2.75) is 13.1 Å². The van der Waals surface area contributed by atoms with Crippen LogP contribution in [0.5, 0.6) is 0 Å². The van der Waals surface area contributed by atoms with Crippen LogP contribution in [0.25, 0.3) is 22.3 Å². The standard InChI is InChI=1S/C19H17N5OS/c26-19(23-10-14-5-7-20-18-16(14)6-8-21-18)22-9-13-3-1-2-4-15(13)17-11-25-12-24-17/h1-8,11-12H,9-10H2,(H,20,21)(H2,22,23,26). The molecule has 4 rings (SSSR count). The second-order valence-electron chi connectivity index (χ2n) is 5.78. The predicted octanol–water partition coefficient (Wildman–Crippen LogP) is 3.38. The van der Waals surface area contributed by atoms with Crippen molar-refractivity contribution in [3.8, 4) is 11.3 Å². The molecule has 3 N–H and O–H groups in total. The molecule has 0 atom stereocenters. The highest BCUT2D eigenvalue weighted by Gasteiger charge is 2.08. The van der Waals surface area contributed by atoms with Gasteiger partial charge in [-0.3, -0.25) is 0 Å². The summed E-state index contributed by atoms with van der Waals surface area (Å²) in [6, 6.07) is 12.1. The Morgan fingerprint density at radius 2 is 1.88 bits per heavy atom. The zero-order chi connectivity index (χ0) is 17.8. The number of nitrogens with one attached hydrogen (secondary N) is 3. The number of rotatable bonds is 5. The Kier molecular flexibility index (Phi) is 4.61. The highest BCUT2D eigenvalue weighted by atomic mass is 32.1. The monoisotopic (exact) mass is 363 g/mol. The molecule has 0 bridgehead atoms. The van der Waals surface area contributed by atoms with Crippen LogP contribution in [0.3, 0.4) is 0 Å². The molecule has 0 saturated carbocycles. The highest BCUT2D eigenvalue weighted by molar-refractivity contribution is 7.80. The van der Waals surface area contributed by atoms with E-state index in [2.05, 4.69) is 25.6 Å². The highest BCUT2D eigenvalue weighted by Crippen LogP contribution is 2.21. The maximum absolute atomic E-state index is 5.42. The zero-order valence-electron chi connectivity index (χ0n) is 13.9. The average molecular weight is 363 g/mol. The number of aromatic nitrogens is 3. The molecule has 4 aromatic rings. The van der Waals surface area contributed by atoms with Crippen molar-refractivity contribution in [2.75, 3.05) is 0 Å². The lowest BCUT2D eigenvalue weighted by molar-refractivity contribution is 0.558. The van der Waals surface area contributed by atoms with E-state index in [0.29, 0.717) is 18.2 Å². The molecule has 0 aliphatic heterocycles. The molecule has 6 nitrogen and oxygen atoms in total. The Morgan fingerprint density at radius 3 is 2.73 bits per heavy atom. The van der Waals surface area contributed by atoms with E-state index in [1.807, 2.05) is 42.6 Å². The van der Waals surface area contributed by atoms with E-state index in [1.54, 1.807) is 12.5 Å². The smallest absolute Gasteiger partial charge is 0.181 e. The van der Waals surface area contributed by atoms with Crippen LogP contribution in [-0.4, -0.2) is 20.1 Å². The van der Waals surface area contributed by atoms with Crippen LogP contribution in [0.2, 0.25) is 0 Å². The number of oxazole rings is 1. The van der Waals surface area contributed by atoms with Crippen LogP contribution in [0.1, 0.15) is 11.1 Å². The van der Waals surface area contributed by atoms with Crippen LogP contribution in [0.15, 0.2) is 65.9 Å². The number of hydrogen-bond acceptors (Lipinski definition) is 4. The first-order chi connectivity index (χ1) is 12.8. The van der Waals surface area contributed by atoms with Crippen molar-refractivity contribution in [3.05, 3.63) is 72.6 Å². The second-order valence-corrected chi connectivity index (χ2v) is 6.19. The third-order valence-corrected chi connectivity index (χ3v) is 4.44. The topological polar surface area (TPSA) is 78.8 Å².